The second-order valence-corrected chi connectivity index (χ2v) is 10.3. The van der Waals surface area contributed by atoms with Crippen molar-refractivity contribution in [3.63, 3.8) is 0 Å². The average Bonchev–Trinajstić information content (AvgIpc) is 3.43. The summed E-state index contributed by atoms with van der Waals surface area (Å²) in [6.07, 6.45) is 0. The van der Waals surface area contributed by atoms with Gasteiger partial charge in [-0.3, -0.25) is 4.79 Å². The Morgan fingerprint density at radius 3 is 2.38 bits per heavy atom. The molecular formula is C30H30N4O4S. The van der Waals surface area contributed by atoms with Crippen molar-refractivity contribution in [3.8, 4) is 11.3 Å². The van der Waals surface area contributed by atoms with Crippen molar-refractivity contribution in [2.24, 2.45) is 0 Å². The molecule has 200 valence electrons. The first-order valence-corrected chi connectivity index (χ1v) is 13.7. The molecule has 0 atom stereocenters. The number of hydrogen-bond donors (Lipinski definition) is 2. The lowest BCUT2D eigenvalue weighted by Crippen LogP contribution is -2.36. The van der Waals surface area contributed by atoms with Gasteiger partial charge in [0.1, 0.15) is 0 Å². The summed E-state index contributed by atoms with van der Waals surface area (Å²) in [5.41, 5.74) is 5.14. The standard InChI is InChI=1S/C30H30N4O4S/c1-20(2)34(26-5-3-4-23(18-26)29(36)37)30-32-27(19-39-30)21-6-10-24(11-7-21)31-28(35)22-8-12-25(13-9-22)33-14-16-38-17-15-33/h3-13,18-20H,14-17H2,1-2H3,(H,31,35)(H,36,37). The second-order valence-electron chi connectivity index (χ2n) is 9.51. The third-order valence-corrected chi connectivity index (χ3v) is 7.37. The summed E-state index contributed by atoms with van der Waals surface area (Å²) in [4.78, 5) is 33.4. The summed E-state index contributed by atoms with van der Waals surface area (Å²) < 4.78 is 5.41. The third-order valence-electron chi connectivity index (χ3n) is 6.53. The number of aromatic nitrogens is 1. The fourth-order valence-corrected chi connectivity index (χ4v) is 5.49. The van der Waals surface area contributed by atoms with Gasteiger partial charge in [-0.2, -0.15) is 0 Å². The number of nitrogens with one attached hydrogen (secondary N) is 1. The molecule has 0 spiro atoms. The molecule has 0 unspecified atom stereocenters. The van der Waals surface area contributed by atoms with E-state index in [1.807, 2.05) is 78.7 Å². The molecule has 39 heavy (non-hydrogen) atoms. The van der Waals surface area contributed by atoms with Gasteiger partial charge >= 0.3 is 5.97 Å². The number of ether oxygens (including phenoxy) is 1. The van der Waals surface area contributed by atoms with Crippen LogP contribution in [0, 0.1) is 0 Å². The summed E-state index contributed by atoms with van der Waals surface area (Å²) in [6.45, 7) is 7.23. The zero-order chi connectivity index (χ0) is 27.4. The number of benzene rings is 3. The molecule has 1 aliphatic heterocycles. The summed E-state index contributed by atoms with van der Waals surface area (Å²) >= 11 is 1.50. The van der Waals surface area contributed by atoms with Gasteiger partial charge in [-0.05, 0) is 68.4 Å². The van der Waals surface area contributed by atoms with Crippen molar-refractivity contribution < 1.29 is 19.4 Å². The first kappa shape index (κ1) is 26.4. The van der Waals surface area contributed by atoms with E-state index in [-0.39, 0.29) is 17.5 Å². The maximum Gasteiger partial charge on any atom is 0.335 e. The average molecular weight is 543 g/mol. The number of carbonyl (C=O) groups excluding carboxylic acids is 1. The summed E-state index contributed by atoms with van der Waals surface area (Å²) in [5.74, 6) is -1.12. The van der Waals surface area contributed by atoms with Gasteiger partial charge < -0.3 is 25.0 Å². The molecule has 9 heteroatoms. The minimum atomic E-state index is -0.961. The van der Waals surface area contributed by atoms with Crippen LogP contribution < -0.4 is 15.1 Å². The van der Waals surface area contributed by atoms with Crippen LogP contribution in [-0.2, 0) is 4.74 Å². The van der Waals surface area contributed by atoms with E-state index in [1.54, 1.807) is 18.2 Å². The molecule has 1 amide bonds. The Kier molecular flexibility index (Phi) is 7.90. The number of rotatable bonds is 8. The number of nitrogens with zero attached hydrogens (tertiary/aromatic N) is 3. The Hall–Kier alpha value is -4.21. The highest BCUT2D eigenvalue weighted by Crippen LogP contribution is 2.34. The Labute approximate surface area is 231 Å². The molecule has 5 rings (SSSR count). The van der Waals surface area contributed by atoms with Gasteiger partial charge in [-0.15, -0.1) is 11.3 Å². The molecule has 0 radical (unpaired) electrons. The van der Waals surface area contributed by atoms with Crippen molar-refractivity contribution >= 4 is 45.4 Å². The Balaban J connectivity index is 1.27. The maximum atomic E-state index is 12.8. The molecule has 4 aromatic rings. The Morgan fingerprint density at radius 2 is 1.72 bits per heavy atom. The lowest BCUT2D eigenvalue weighted by atomic mass is 10.1. The highest BCUT2D eigenvalue weighted by Gasteiger charge is 2.19. The quantitative estimate of drug-likeness (QED) is 0.276. The molecule has 8 nitrogen and oxygen atoms in total. The van der Waals surface area contributed by atoms with E-state index in [0.29, 0.717) is 11.3 Å². The van der Waals surface area contributed by atoms with E-state index in [2.05, 4.69) is 10.2 Å². The van der Waals surface area contributed by atoms with Crippen molar-refractivity contribution in [2.45, 2.75) is 19.9 Å². The van der Waals surface area contributed by atoms with Crippen LogP contribution in [0.15, 0.2) is 78.2 Å². The molecule has 2 N–H and O–H groups in total. The molecule has 1 fully saturated rings. The van der Waals surface area contributed by atoms with Gasteiger partial charge in [-0.25, -0.2) is 9.78 Å². The van der Waals surface area contributed by atoms with Crippen molar-refractivity contribution in [2.75, 3.05) is 41.4 Å². The molecule has 1 saturated heterocycles. The number of aromatic carboxylic acids is 1. The Morgan fingerprint density at radius 1 is 1.00 bits per heavy atom. The van der Waals surface area contributed by atoms with Crippen molar-refractivity contribution in [3.05, 3.63) is 89.3 Å². The van der Waals surface area contributed by atoms with E-state index >= 15 is 0 Å². The highest BCUT2D eigenvalue weighted by molar-refractivity contribution is 7.14. The molecule has 0 saturated carbocycles. The minimum absolute atomic E-state index is 0.0774. The molecule has 2 heterocycles. The van der Waals surface area contributed by atoms with Crippen LogP contribution in [0.2, 0.25) is 0 Å². The van der Waals surface area contributed by atoms with Crippen molar-refractivity contribution in [1.29, 1.82) is 0 Å². The summed E-state index contributed by atoms with van der Waals surface area (Å²) in [5, 5.41) is 15.1. The van der Waals surface area contributed by atoms with E-state index in [4.69, 9.17) is 9.72 Å². The van der Waals surface area contributed by atoms with E-state index in [0.717, 1.165) is 54.1 Å². The van der Waals surface area contributed by atoms with Gasteiger partial charge in [0.05, 0.1) is 24.5 Å². The fourth-order valence-electron chi connectivity index (χ4n) is 4.50. The maximum absolute atomic E-state index is 12.8. The van der Waals surface area contributed by atoms with Gasteiger partial charge in [-0.1, -0.05) is 18.2 Å². The molecule has 1 aromatic heterocycles. The number of anilines is 4. The first-order valence-electron chi connectivity index (χ1n) is 12.8. The molecule has 0 aliphatic carbocycles. The number of morpholine rings is 1. The number of carboxylic acids is 1. The van der Waals surface area contributed by atoms with Crippen LogP contribution in [-0.4, -0.2) is 54.3 Å². The second kappa shape index (κ2) is 11.7. The zero-order valence-electron chi connectivity index (χ0n) is 21.8. The van der Waals surface area contributed by atoms with E-state index in [9.17, 15) is 14.7 Å². The van der Waals surface area contributed by atoms with Crippen LogP contribution in [0.3, 0.4) is 0 Å². The highest BCUT2D eigenvalue weighted by atomic mass is 32.1. The van der Waals surface area contributed by atoms with Gasteiger partial charge in [0, 0.05) is 52.7 Å². The first-order chi connectivity index (χ1) is 18.9. The van der Waals surface area contributed by atoms with Crippen molar-refractivity contribution in [1.82, 2.24) is 4.98 Å². The topological polar surface area (TPSA) is 95.0 Å². The van der Waals surface area contributed by atoms with E-state index in [1.165, 1.54) is 11.3 Å². The van der Waals surface area contributed by atoms with Crippen LogP contribution in [0.25, 0.3) is 11.3 Å². The third kappa shape index (κ3) is 6.10. The molecule has 3 aromatic carbocycles. The van der Waals surface area contributed by atoms with Crippen LogP contribution >= 0.6 is 11.3 Å². The minimum Gasteiger partial charge on any atom is -0.478 e. The number of hydrogen-bond acceptors (Lipinski definition) is 7. The smallest absolute Gasteiger partial charge is 0.335 e. The number of carboxylic acid groups (broad SMARTS) is 1. The lowest BCUT2D eigenvalue weighted by Gasteiger charge is -2.28. The SMILES string of the molecule is CC(C)N(c1cccc(C(=O)O)c1)c1nc(-c2ccc(NC(=O)c3ccc(N4CCOCC4)cc3)cc2)cs1. The molecule has 1 aliphatic rings. The van der Waals surface area contributed by atoms with Gasteiger partial charge in [0.2, 0.25) is 0 Å². The van der Waals surface area contributed by atoms with Gasteiger partial charge in [0.25, 0.3) is 5.91 Å². The number of amides is 1. The zero-order valence-corrected chi connectivity index (χ0v) is 22.6. The van der Waals surface area contributed by atoms with Gasteiger partial charge in [0.15, 0.2) is 5.13 Å². The van der Waals surface area contributed by atoms with Crippen LogP contribution in [0.5, 0.6) is 0 Å². The monoisotopic (exact) mass is 542 g/mol. The predicted molar refractivity (Wildman–Crippen MR) is 156 cm³/mol. The Bertz CT molecular complexity index is 1440. The number of carbonyl (C=O) groups is 2. The van der Waals surface area contributed by atoms with Crippen LogP contribution in [0.4, 0.5) is 22.2 Å². The van der Waals surface area contributed by atoms with Crippen LogP contribution in [0.1, 0.15) is 34.6 Å². The molecular weight excluding hydrogens is 512 g/mol. The largest absolute Gasteiger partial charge is 0.478 e. The van der Waals surface area contributed by atoms with E-state index < -0.39 is 5.97 Å². The summed E-state index contributed by atoms with van der Waals surface area (Å²) in [6, 6.07) is 22.2. The predicted octanol–water partition coefficient (Wildman–Crippen LogP) is 6.14. The normalized spacial score (nSPS) is 13.4. The summed E-state index contributed by atoms with van der Waals surface area (Å²) in [7, 11) is 0. The molecule has 0 bridgehead atoms. The lowest BCUT2D eigenvalue weighted by molar-refractivity contribution is 0.0696. The number of thiazole rings is 1. The fraction of sp³-hybridized carbons (Fsp3) is 0.233.